The fourth-order valence-corrected chi connectivity index (χ4v) is 2.33. The minimum absolute atomic E-state index is 0.102. The zero-order valence-electron chi connectivity index (χ0n) is 11.2. The molecule has 0 N–H and O–H groups in total. The van der Waals surface area contributed by atoms with Gasteiger partial charge in [0.1, 0.15) is 11.9 Å². The van der Waals surface area contributed by atoms with E-state index < -0.39 is 0 Å². The average molecular weight is 240 g/mol. The first kappa shape index (κ1) is 14.2. The molecule has 0 aromatic heterocycles. The van der Waals surface area contributed by atoms with E-state index in [9.17, 15) is 9.59 Å². The molecule has 98 valence electrons. The largest absolute Gasteiger partial charge is 0.460 e. The van der Waals surface area contributed by atoms with E-state index in [2.05, 4.69) is 0 Å². The summed E-state index contributed by atoms with van der Waals surface area (Å²) in [5.74, 6) is 0.751. The molecular formula is C14H24O3. The Bertz CT molecular complexity index is 257. The Morgan fingerprint density at radius 3 is 2.29 bits per heavy atom. The van der Waals surface area contributed by atoms with E-state index in [4.69, 9.17) is 4.74 Å². The molecule has 0 spiro atoms. The molecule has 3 heteroatoms. The smallest absolute Gasteiger partial charge is 0.306 e. The molecule has 1 aliphatic carbocycles. The van der Waals surface area contributed by atoms with Crippen LogP contribution in [0.25, 0.3) is 0 Å². The third-order valence-corrected chi connectivity index (χ3v) is 3.26. The summed E-state index contributed by atoms with van der Waals surface area (Å²) in [4.78, 5) is 22.2. The Hall–Kier alpha value is -0.860. The Labute approximate surface area is 104 Å². The van der Waals surface area contributed by atoms with Crippen LogP contribution in [0.15, 0.2) is 0 Å². The van der Waals surface area contributed by atoms with Crippen LogP contribution >= 0.6 is 0 Å². The topological polar surface area (TPSA) is 43.4 Å². The first-order chi connectivity index (χ1) is 7.90. The van der Waals surface area contributed by atoms with E-state index in [1.54, 1.807) is 0 Å². The molecule has 0 unspecified atom stereocenters. The first-order valence-corrected chi connectivity index (χ1v) is 6.58. The van der Waals surface area contributed by atoms with Crippen LogP contribution in [0.4, 0.5) is 0 Å². The van der Waals surface area contributed by atoms with Gasteiger partial charge < -0.3 is 9.53 Å². The van der Waals surface area contributed by atoms with Crippen LogP contribution in [0.3, 0.4) is 0 Å². The van der Waals surface area contributed by atoms with Gasteiger partial charge in [-0.05, 0) is 58.8 Å². The molecular weight excluding hydrogens is 216 g/mol. The maximum Gasteiger partial charge on any atom is 0.306 e. The summed E-state index contributed by atoms with van der Waals surface area (Å²) in [5, 5.41) is 0. The summed E-state index contributed by atoms with van der Waals surface area (Å²) < 4.78 is 5.28. The summed E-state index contributed by atoms with van der Waals surface area (Å²) in [7, 11) is 0. The van der Waals surface area contributed by atoms with Crippen LogP contribution in [0.5, 0.6) is 0 Å². The van der Waals surface area contributed by atoms with E-state index >= 15 is 0 Å². The highest BCUT2D eigenvalue weighted by Crippen LogP contribution is 2.30. The van der Waals surface area contributed by atoms with Gasteiger partial charge in [0.05, 0.1) is 0 Å². The van der Waals surface area contributed by atoms with Crippen molar-refractivity contribution in [2.45, 2.75) is 64.9 Å². The summed E-state index contributed by atoms with van der Waals surface area (Å²) in [5.41, 5.74) is -0.383. The van der Waals surface area contributed by atoms with Gasteiger partial charge >= 0.3 is 5.97 Å². The van der Waals surface area contributed by atoms with Crippen molar-refractivity contribution in [3.05, 3.63) is 0 Å². The zero-order chi connectivity index (χ0) is 12.9. The number of rotatable bonds is 4. The van der Waals surface area contributed by atoms with Crippen molar-refractivity contribution < 1.29 is 14.3 Å². The third-order valence-electron chi connectivity index (χ3n) is 3.26. The minimum atomic E-state index is -0.383. The van der Waals surface area contributed by atoms with Crippen molar-refractivity contribution in [1.29, 1.82) is 0 Å². The predicted molar refractivity (Wildman–Crippen MR) is 66.6 cm³/mol. The standard InChI is InChI=1S/C14H24O3/c1-14(2,3)17-13(16)9-8-11-4-6-12(10-15)7-5-11/h10-12H,4-9H2,1-3H3. The molecule has 0 aliphatic heterocycles. The van der Waals surface area contributed by atoms with Crippen LogP contribution in [0, 0.1) is 11.8 Å². The highest BCUT2D eigenvalue weighted by molar-refractivity contribution is 5.69. The molecule has 1 rings (SSSR count). The lowest BCUT2D eigenvalue weighted by atomic mass is 9.81. The van der Waals surface area contributed by atoms with Crippen molar-refractivity contribution in [1.82, 2.24) is 0 Å². The van der Waals surface area contributed by atoms with E-state index in [-0.39, 0.29) is 17.5 Å². The third kappa shape index (κ3) is 5.85. The number of esters is 1. The quantitative estimate of drug-likeness (QED) is 0.560. The lowest BCUT2D eigenvalue weighted by Crippen LogP contribution is -2.24. The van der Waals surface area contributed by atoms with Gasteiger partial charge in [-0.3, -0.25) is 4.79 Å². The second-order valence-electron chi connectivity index (χ2n) is 6.04. The van der Waals surface area contributed by atoms with Gasteiger partial charge in [0, 0.05) is 12.3 Å². The molecule has 1 aliphatic rings. The van der Waals surface area contributed by atoms with Crippen molar-refractivity contribution in [2.24, 2.45) is 11.8 Å². The van der Waals surface area contributed by atoms with Crippen LogP contribution in [0.1, 0.15) is 59.3 Å². The monoisotopic (exact) mass is 240 g/mol. The molecule has 0 aromatic rings. The summed E-state index contributed by atoms with van der Waals surface area (Å²) in [6.07, 6.45) is 6.61. The van der Waals surface area contributed by atoms with Crippen molar-refractivity contribution in [3.63, 3.8) is 0 Å². The van der Waals surface area contributed by atoms with Gasteiger partial charge in [-0.15, -0.1) is 0 Å². The number of hydrogen-bond donors (Lipinski definition) is 0. The fraction of sp³-hybridized carbons (Fsp3) is 0.857. The molecule has 0 atom stereocenters. The number of ether oxygens (including phenoxy) is 1. The maximum absolute atomic E-state index is 11.5. The molecule has 1 fully saturated rings. The first-order valence-electron chi connectivity index (χ1n) is 6.58. The van der Waals surface area contributed by atoms with E-state index in [0.29, 0.717) is 12.3 Å². The number of aldehydes is 1. The maximum atomic E-state index is 11.5. The van der Waals surface area contributed by atoms with Gasteiger partial charge in [0.15, 0.2) is 0 Å². The molecule has 0 saturated heterocycles. The second kappa shape index (κ2) is 6.18. The molecule has 0 bridgehead atoms. The van der Waals surface area contributed by atoms with Crippen molar-refractivity contribution >= 4 is 12.3 Å². The van der Waals surface area contributed by atoms with E-state index in [1.165, 1.54) is 0 Å². The lowest BCUT2D eigenvalue weighted by molar-refractivity contribution is -0.155. The van der Waals surface area contributed by atoms with Gasteiger partial charge in [-0.2, -0.15) is 0 Å². The van der Waals surface area contributed by atoms with Gasteiger partial charge in [-0.25, -0.2) is 0 Å². The minimum Gasteiger partial charge on any atom is -0.460 e. The number of hydrogen-bond acceptors (Lipinski definition) is 3. The van der Waals surface area contributed by atoms with Gasteiger partial charge in [0.2, 0.25) is 0 Å². The predicted octanol–water partition coefficient (Wildman–Crippen LogP) is 3.11. The van der Waals surface area contributed by atoms with Crippen molar-refractivity contribution in [2.75, 3.05) is 0 Å². The van der Waals surface area contributed by atoms with Crippen molar-refractivity contribution in [3.8, 4) is 0 Å². The Balaban J connectivity index is 2.19. The molecule has 17 heavy (non-hydrogen) atoms. The zero-order valence-corrected chi connectivity index (χ0v) is 11.2. The molecule has 0 amide bonds. The Morgan fingerprint density at radius 2 is 1.82 bits per heavy atom. The molecule has 0 aromatic carbocycles. The Kier molecular flexibility index (Phi) is 5.16. The van der Waals surface area contributed by atoms with Crippen LogP contribution in [0.2, 0.25) is 0 Å². The van der Waals surface area contributed by atoms with Crippen LogP contribution in [-0.2, 0) is 14.3 Å². The summed E-state index contributed by atoms with van der Waals surface area (Å²) >= 11 is 0. The summed E-state index contributed by atoms with van der Waals surface area (Å²) in [6, 6.07) is 0. The van der Waals surface area contributed by atoms with Crippen LogP contribution < -0.4 is 0 Å². The SMILES string of the molecule is CC(C)(C)OC(=O)CCC1CCC(C=O)CC1. The number of carbonyl (C=O) groups is 2. The molecule has 1 saturated carbocycles. The van der Waals surface area contributed by atoms with Crippen LogP contribution in [-0.4, -0.2) is 17.9 Å². The lowest BCUT2D eigenvalue weighted by Gasteiger charge is -2.25. The fourth-order valence-electron chi connectivity index (χ4n) is 2.33. The van der Waals surface area contributed by atoms with E-state index in [0.717, 1.165) is 38.4 Å². The Morgan fingerprint density at radius 1 is 1.24 bits per heavy atom. The van der Waals surface area contributed by atoms with Gasteiger partial charge in [-0.1, -0.05) is 0 Å². The highest BCUT2D eigenvalue weighted by Gasteiger charge is 2.22. The molecule has 0 heterocycles. The highest BCUT2D eigenvalue weighted by atomic mass is 16.6. The van der Waals surface area contributed by atoms with E-state index in [1.807, 2.05) is 20.8 Å². The second-order valence-corrected chi connectivity index (χ2v) is 6.04. The van der Waals surface area contributed by atoms with Gasteiger partial charge in [0.25, 0.3) is 0 Å². The number of carbonyl (C=O) groups excluding carboxylic acids is 2. The summed E-state index contributed by atoms with van der Waals surface area (Å²) in [6.45, 7) is 5.67. The normalized spacial score (nSPS) is 25.4. The molecule has 3 nitrogen and oxygen atoms in total. The molecule has 0 radical (unpaired) electrons. The average Bonchev–Trinajstić information content (AvgIpc) is 2.25.